The molecule has 0 bridgehead atoms. The lowest BCUT2D eigenvalue weighted by atomic mass is 10.0. The number of amides is 1. The van der Waals surface area contributed by atoms with Crippen LogP contribution in [0.15, 0.2) is 16.7 Å². The second kappa shape index (κ2) is 5.90. The van der Waals surface area contributed by atoms with E-state index < -0.39 is 0 Å². The van der Waals surface area contributed by atoms with Gasteiger partial charge in [0.15, 0.2) is 0 Å². The first-order valence-electron chi connectivity index (χ1n) is 6.71. The van der Waals surface area contributed by atoms with Gasteiger partial charge in [-0.05, 0) is 40.8 Å². The molecule has 104 valence electrons. The number of nitrogens with zero attached hydrogens (tertiary/aromatic N) is 2. The average molecular weight is 326 g/mol. The first-order valence-corrected chi connectivity index (χ1v) is 7.51. The molecule has 0 saturated carbocycles. The van der Waals surface area contributed by atoms with E-state index in [0.717, 1.165) is 24.1 Å². The molecule has 2 heterocycles. The van der Waals surface area contributed by atoms with Gasteiger partial charge in [-0.3, -0.25) is 4.79 Å². The van der Waals surface area contributed by atoms with Crippen molar-refractivity contribution in [3.05, 3.63) is 22.3 Å². The zero-order chi connectivity index (χ0) is 14.0. The average Bonchev–Trinajstić information content (AvgIpc) is 2.71. The summed E-state index contributed by atoms with van der Waals surface area (Å²) in [6.45, 7) is 8.81. The highest BCUT2D eigenvalue weighted by Gasteiger charge is 2.31. The van der Waals surface area contributed by atoms with Crippen LogP contribution in [0.25, 0.3) is 0 Å². The zero-order valence-electron chi connectivity index (χ0n) is 11.6. The zero-order valence-corrected chi connectivity index (χ0v) is 13.2. The molecular formula is C14H20BrN3O. The summed E-state index contributed by atoms with van der Waals surface area (Å²) < 4.78 is 0.831. The number of hydrogen-bond acceptors (Lipinski definition) is 3. The molecule has 0 radical (unpaired) electrons. The van der Waals surface area contributed by atoms with Gasteiger partial charge >= 0.3 is 0 Å². The van der Waals surface area contributed by atoms with E-state index in [1.165, 1.54) is 0 Å². The maximum Gasteiger partial charge on any atom is 0.257 e. The first-order chi connectivity index (χ1) is 9.02. The van der Waals surface area contributed by atoms with Crippen molar-refractivity contribution in [1.29, 1.82) is 0 Å². The maximum atomic E-state index is 12.6. The smallest absolute Gasteiger partial charge is 0.257 e. The number of pyridine rings is 1. The normalized spacial score (nSPS) is 22.6. The predicted octanol–water partition coefficient (Wildman–Crippen LogP) is 3.00. The van der Waals surface area contributed by atoms with E-state index in [0.29, 0.717) is 23.2 Å². The summed E-state index contributed by atoms with van der Waals surface area (Å²) >= 11 is 3.39. The van der Waals surface area contributed by atoms with E-state index in [4.69, 9.17) is 0 Å². The van der Waals surface area contributed by atoms with Crippen LogP contribution in [-0.4, -0.2) is 35.4 Å². The van der Waals surface area contributed by atoms with Crippen molar-refractivity contribution in [3.63, 3.8) is 0 Å². The van der Waals surface area contributed by atoms with Crippen LogP contribution in [0.3, 0.4) is 0 Å². The van der Waals surface area contributed by atoms with Crippen LogP contribution >= 0.6 is 15.9 Å². The van der Waals surface area contributed by atoms with Gasteiger partial charge in [0.1, 0.15) is 5.82 Å². The van der Waals surface area contributed by atoms with Crippen molar-refractivity contribution >= 4 is 27.7 Å². The third-order valence-corrected chi connectivity index (χ3v) is 4.14. The standard InChI is InChI=1S/C14H20BrN3O/c1-4-16-13-12(5-11(15)6-17-13)14(19)18-7-9(2)10(3)8-18/h5-6,9-10H,4,7-8H2,1-3H3,(H,16,17). The van der Waals surface area contributed by atoms with Crippen molar-refractivity contribution in [2.75, 3.05) is 25.0 Å². The van der Waals surface area contributed by atoms with Crippen LogP contribution in [0.5, 0.6) is 0 Å². The van der Waals surface area contributed by atoms with Crippen LogP contribution in [0, 0.1) is 11.8 Å². The molecule has 1 aliphatic heterocycles. The van der Waals surface area contributed by atoms with Crippen molar-refractivity contribution in [1.82, 2.24) is 9.88 Å². The predicted molar refractivity (Wildman–Crippen MR) is 80.3 cm³/mol. The molecule has 0 spiro atoms. The number of carbonyl (C=O) groups is 1. The molecule has 5 heteroatoms. The molecule has 1 aliphatic rings. The van der Waals surface area contributed by atoms with Gasteiger partial charge in [-0.15, -0.1) is 0 Å². The van der Waals surface area contributed by atoms with E-state index in [1.54, 1.807) is 6.20 Å². The van der Waals surface area contributed by atoms with Gasteiger partial charge in [0.25, 0.3) is 5.91 Å². The van der Waals surface area contributed by atoms with E-state index >= 15 is 0 Å². The molecule has 0 aliphatic carbocycles. The fourth-order valence-corrected chi connectivity index (χ4v) is 2.71. The van der Waals surface area contributed by atoms with Gasteiger partial charge in [-0.25, -0.2) is 4.98 Å². The van der Waals surface area contributed by atoms with Crippen molar-refractivity contribution in [3.8, 4) is 0 Å². The summed E-state index contributed by atoms with van der Waals surface area (Å²) in [6, 6.07) is 1.85. The maximum absolute atomic E-state index is 12.6. The van der Waals surface area contributed by atoms with E-state index in [9.17, 15) is 4.79 Å². The Labute approximate surface area is 122 Å². The molecule has 2 unspecified atom stereocenters. The Balaban J connectivity index is 2.25. The SMILES string of the molecule is CCNc1ncc(Br)cc1C(=O)N1CC(C)C(C)C1. The Hall–Kier alpha value is -1.10. The second-order valence-corrected chi connectivity index (χ2v) is 6.16. The van der Waals surface area contributed by atoms with E-state index in [1.807, 2.05) is 17.9 Å². The Morgan fingerprint density at radius 3 is 2.68 bits per heavy atom. The van der Waals surface area contributed by atoms with Crippen molar-refractivity contribution in [2.24, 2.45) is 11.8 Å². The van der Waals surface area contributed by atoms with E-state index in [2.05, 4.69) is 40.1 Å². The Bertz CT molecular complexity index is 468. The minimum absolute atomic E-state index is 0.0703. The fourth-order valence-electron chi connectivity index (χ4n) is 2.38. The number of hydrogen-bond donors (Lipinski definition) is 1. The Kier molecular flexibility index (Phi) is 4.45. The number of rotatable bonds is 3. The monoisotopic (exact) mass is 325 g/mol. The molecule has 1 saturated heterocycles. The second-order valence-electron chi connectivity index (χ2n) is 5.24. The molecule has 1 N–H and O–H groups in total. The van der Waals surface area contributed by atoms with Gasteiger partial charge in [-0.2, -0.15) is 0 Å². The minimum atomic E-state index is 0.0703. The fraction of sp³-hybridized carbons (Fsp3) is 0.571. The van der Waals surface area contributed by atoms with Crippen LogP contribution < -0.4 is 5.32 Å². The van der Waals surface area contributed by atoms with Gasteiger partial charge in [-0.1, -0.05) is 13.8 Å². The van der Waals surface area contributed by atoms with Gasteiger partial charge < -0.3 is 10.2 Å². The van der Waals surface area contributed by atoms with Gasteiger partial charge in [0.2, 0.25) is 0 Å². The number of carbonyl (C=O) groups excluding carboxylic acids is 1. The van der Waals surface area contributed by atoms with Crippen LogP contribution in [-0.2, 0) is 0 Å². The first kappa shape index (κ1) is 14.3. The molecule has 1 amide bonds. The third-order valence-electron chi connectivity index (χ3n) is 3.70. The summed E-state index contributed by atoms with van der Waals surface area (Å²) in [7, 11) is 0. The topological polar surface area (TPSA) is 45.2 Å². The highest BCUT2D eigenvalue weighted by atomic mass is 79.9. The quantitative estimate of drug-likeness (QED) is 0.929. The lowest BCUT2D eigenvalue weighted by molar-refractivity contribution is 0.0785. The third kappa shape index (κ3) is 3.08. The summed E-state index contributed by atoms with van der Waals surface area (Å²) in [6.07, 6.45) is 1.71. The summed E-state index contributed by atoms with van der Waals surface area (Å²) in [5.41, 5.74) is 0.650. The number of nitrogens with one attached hydrogen (secondary N) is 1. The minimum Gasteiger partial charge on any atom is -0.370 e. The largest absolute Gasteiger partial charge is 0.370 e. The number of anilines is 1. The van der Waals surface area contributed by atoms with Crippen LogP contribution in [0.2, 0.25) is 0 Å². The molecule has 4 nitrogen and oxygen atoms in total. The van der Waals surface area contributed by atoms with E-state index in [-0.39, 0.29) is 5.91 Å². The number of aromatic nitrogens is 1. The highest BCUT2D eigenvalue weighted by Crippen LogP contribution is 2.26. The van der Waals surface area contributed by atoms with Crippen LogP contribution in [0.1, 0.15) is 31.1 Å². The molecule has 1 aromatic heterocycles. The van der Waals surface area contributed by atoms with Crippen LogP contribution in [0.4, 0.5) is 5.82 Å². The van der Waals surface area contributed by atoms with Crippen molar-refractivity contribution in [2.45, 2.75) is 20.8 Å². The molecule has 19 heavy (non-hydrogen) atoms. The number of likely N-dealkylation sites (tertiary alicyclic amines) is 1. The van der Waals surface area contributed by atoms with Crippen molar-refractivity contribution < 1.29 is 4.79 Å². The molecule has 2 atom stereocenters. The molecule has 1 fully saturated rings. The molecule has 0 aromatic carbocycles. The van der Waals surface area contributed by atoms with Gasteiger partial charge in [0.05, 0.1) is 5.56 Å². The highest BCUT2D eigenvalue weighted by molar-refractivity contribution is 9.10. The Morgan fingerprint density at radius 1 is 1.47 bits per heavy atom. The lowest BCUT2D eigenvalue weighted by Gasteiger charge is -2.18. The summed E-state index contributed by atoms with van der Waals surface area (Å²) in [5, 5.41) is 3.15. The Morgan fingerprint density at radius 2 is 2.11 bits per heavy atom. The van der Waals surface area contributed by atoms with Gasteiger partial charge in [0, 0.05) is 30.3 Å². The summed E-state index contributed by atoms with van der Waals surface area (Å²) in [4.78, 5) is 18.8. The molecule has 2 rings (SSSR count). The lowest BCUT2D eigenvalue weighted by Crippen LogP contribution is -2.29. The molecular weight excluding hydrogens is 306 g/mol. The number of halogens is 1. The molecule has 1 aromatic rings. The summed E-state index contributed by atoms with van der Waals surface area (Å²) in [5.74, 6) is 1.86.